The van der Waals surface area contributed by atoms with Crippen molar-refractivity contribution < 1.29 is 4.79 Å². The van der Waals surface area contributed by atoms with Crippen LogP contribution in [0.15, 0.2) is 0 Å². The van der Waals surface area contributed by atoms with Crippen molar-refractivity contribution >= 4 is 5.91 Å². The molecule has 0 heterocycles. The molecule has 0 aliphatic heterocycles. The Balaban J connectivity index is 1.95. The summed E-state index contributed by atoms with van der Waals surface area (Å²) in [5.41, 5.74) is 5.78. The molecule has 0 aromatic carbocycles. The zero-order chi connectivity index (χ0) is 11.5. The van der Waals surface area contributed by atoms with Crippen molar-refractivity contribution in [3.05, 3.63) is 0 Å². The van der Waals surface area contributed by atoms with Gasteiger partial charge in [0.1, 0.15) is 0 Å². The van der Waals surface area contributed by atoms with Gasteiger partial charge in [0.2, 0.25) is 5.91 Å². The number of hydrogen-bond acceptors (Lipinski definition) is 2. The van der Waals surface area contributed by atoms with Crippen LogP contribution in [-0.2, 0) is 4.79 Å². The van der Waals surface area contributed by atoms with Crippen LogP contribution >= 0.6 is 0 Å². The molecule has 3 nitrogen and oxygen atoms in total. The molecule has 3 heteroatoms. The molecule has 92 valence electrons. The number of hydrogen-bond donors (Lipinski definition) is 1. The molecule has 2 fully saturated rings. The molecule has 0 aromatic rings. The number of carbonyl (C=O) groups excluding carboxylic acids is 1. The van der Waals surface area contributed by atoms with Gasteiger partial charge in [-0.1, -0.05) is 12.8 Å². The minimum Gasteiger partial charge on any atom is -0.343 e. The predicted octanol–water partition coefficient (Wildman–Crippen LogP) is 1.76. The van der Waals surface area contributed by atoms with Gasteiger partial charge in [0.05, 0.1) is 0 Å². The average molecular weight is 224 g/mol. The van der Waals surface area contributed by atoms with E-state index in [2.05, 4.69) is 0 Å². The molecule has 16 heavy (non-hydrogen) atoms. The highest BCUT2D eigenvalue weighted by atomic mass is 16.2. The number of amides is 1. The van der Waals surface area contributed by atoms with Crippen LogP contribution < -0.4 is 5.73 Å². The number of carbonyl (C=O) groups is 1. The van der Waals surface area contributed by atoms with E-state index in [0.717, 1.165) is 12.8 Å². The first-order valence-electron chi connectivity index (χ1n) is 6.70. The van der Waals surface area contributed by atoms with Crippen LogP contribution in [-0.4, -0.2) is 30.4 Å². The maximum atomic E-state index is 12.4. The molecule has 1 amide bonds. The van der Waals surface area contributed by atoms with Crippen LogP contribution in [0.25, 0.3) is 0 Å². The highest BCUT2D eigenvalue weighted by Gasteiger charge is 2.35. The molecule has 0 spiro atoms. The van der Waals surface area contributed by atoms with Gasteiger partial charge in [-0.2, -0.15) is 0 Å². The average Bonchev–Trinajstić information content (AvgIpc) is 2.25. The Morgan fingerprint density at radius 1 is 1.19 bits per heavy atom. The van der Waals surface area contributed by atoms with Crippen molar-refractivity contribution in [1.82, 2.24) is 4.90 Å². The smallest absolute Gasteiger partial charge is 0.225 e. The van der Waals surface area contributed by atoms with Crippen LogP contribution in [0.4, 0.5) is 0 Å². The largest absolute Gasteiger partial charge is 0.343 e. The lowest BCUT2D eigenvalue weighted by molar-refractivity contribution is -0.140. The van der Waals surface area contributed by atoms with Crippen molar-refractivity contribution in [2.45, 2.75) is 51.0 Å². The molecule has 0 aromatic heterocycles. The zero-order valence-electron chi connectivity index (χ0n) is 10.3. The fraction of sp³-hybridized carbons (Fsp3) is 0.923. The van der Waals surface area contributed by atoms with Crippen LogP contribution in [0.5, 0.6) is 0 Å². The molecule has 2 saturated carbocycles. The van der Waals surface area contributed by atoms with Gasteiger partial charge in [-0.15, -0.1) is 0 Å². The van der Waals surface area contributed by atoms with E-state index >= 15 is 0 Å². The summed E-state index contributed by atoms with van der Waals surface area (Å²) < 4.78 is 0. The summed E-state index contributed by atoms with van der Waals surface area (Å²) in [6.45, 7) is 0.676. The molecule has 0 saturated heterocycles. The lowest BCUT2D eigenvalue weighted by Crippen LogP contribution is -2.47. The Labute approximate surface area is 98.4 Å². The molecule has 2 rings (SSSR count). The van der Waals surface area contributed by atoms with Gasteiger partial charge in [0, 0.05) is 19.0 Å². The Morgan fingerprint density at radius 2 is 1.88 bits per heavy atom. The van der Waals surface area contributed by atoms with Crippen molar-refractivity contribution in [3.63, 3.8) is 0 Å². The van der Waals surface area contributed by atoms with Crippen molar-refractivity contribution in [2.75, 3.05) is 13.6 Å². The summed E-state index contributed by atoms with van der Waals surface area (Å²) in [4.78, 5) is 14.4. The van der Waals surface area contributed by atoms with Gasteiger partial charge in [0.15, 0.2) is 0 Å². The van der Waals surface area contributed by atoms with E-state index in [1.165, 1.54) is 32.1 Å². The van der Waals surface area contributed by atoms with Crippen LogP contribution in [0.1, 0.15) is 44.9 Å². The summed E-state index contributed by atoms with van der Waals surface area (Å²) in [5.74, 6) is 1.01. The van der Waals surface area contributed by atoms with E-state index in [0.29, 0.717) is 24.4 Å². The fourth-order valence-corrected chi connectivity index (χ4v) is 3.03. The van der Waals surface area contributed by atoms with Gasteiger partial charge in [-0.3, -0.25) is 4.79 Å². The first-order chi connectivity index (χ1) is 7.74. The highest BCUT2D eigenvalue weighted by molar-refractivity contribution is 5.79. The van der Waals surface area contributed by atoms with Crippen LogP contribution in [0.2, 0.25) is 0 Å². The van der Waals surface area contributed by atoms with Crippen LogP contribution in [0, 0.1) is 11.8 Å². The maximum Gasteiger partial charge on any atom is 0.225 e. The normalized spacial score (nSPS) is 30.9. The fourth-order valence-electron chi connectivity index (χ4n) is 3.03. The van der Waals surface area contributed by atoms with E-state index in [1.807, 2.05) is 11.9 Å². The van der Waals surface area contributed by atoms with Gasteiger partial charge in [-0.05, 0) is 44.6 Å². The molecule has 2 aliphatic rings. The minimum absolute atomic E-state index is 0.212. The van der Waals surface area contributed by atoms with Gasteiger partial charge < -0.3 is 10.6 Å². The number of nitrogens with zero attached hydrogens (tertiary/aromatic N) is 1. The Hall–Kier alpha value is -0.570. The van der Waals surface area contributed by atoms with Gasteiger partial charge in [0.25, 0.3) is 0 Å². The summed E-state index contributed by atoms with van der Waals surface area (Å²) >= 11 is 0. The monoisotopic (exact) mass is 224 g/mol. The molecular formula is C13H24N2O. The third kappa shape index (κ3) is 2.24. The molecule has 2 N–H and O–H groups in total. The topological polar surface area (TPSA) is 46.3 Å². The molecule has 2 unspecified atom stereocenters. The zero-order valence-corrected chi connectivity index (χ0v) is 10.3. The predicted molar refractivity (Wildman–Crippen MR) is 64.9 cm³/mol. The SMILES string of the molecule is CN(C(=O)C1CCCCC1CN)C1CCC1. The van der Waals surface area contributed by atoms with E-state index in [1.54, 1.807) is 0 Å². The molecular weight excluding hydrogens is 200 g/mol. The molecule has 2 aliphatic carbocycles. The first-order valence-corrected chi connectivity index (χ1v) is 6.70. The molecule has 0 radical (unpaired) electrons. The Morgan fingerprint density at radius 3 is 2.44 bits per heavy atom. The third-order valence-corrected chi connectivity index (χ3v) is 4.50. The lowest BCUT2D eigenvalue weighted by Gasteiger charge is -2.39. The summed E-state index contributed by atoms with van der Waals surface area (Å²) in [6, 6.07) is 0.521. The Bertz CT molecular complexity index is 250. The van der Waals surface area contributed by atoms with E-state index < -0.39 is 0 Å². The van der Waals surface area contributed by atoms with E-state index in [4.69, 9.17) is 5.73 Å². The third-order valence-electron chi connectivity index (χ3n) is 4.50. The second kappa shape index (κ2) is 5.17. The van der Waals surface area contributed by atoms with Gasteiger partial charge in [-0.25, -0.2) is 0 Å². The molecule has 0 bridgehead atoms. The standard InChI is InChI=1S/C13H24N2O/c1-15(11-6-4-7-11)13(16)12-8-3-2-5-10(12)9-14/h10-12H,2-9,14H2,1H3. The number of nitrogens with two attached hydrogens (primary N) is 1. The second-order valence-corrected chi connectivity index (χ2v) is 5.42. The number of rotatable bonds is 3. The van der Waals surface area contributed by atoms with Crippen molar-refractivity contribution in [3.8, 4) is 0 Å². The summed E-state index contributed by atoms with van der Waals surface area (Å²) in [5, 5.41) is 0. The Kier molecular flexibility index (Phi) is 3.85. The minimum atomic E-state index is 0.212. The molecule has 2 atom stereocenters. The van der Waals surface area contributed by atoms with Crippen molar-refractivity contribution in [1.29, 1.82) is 0 Å². The summed E-state index contributed by atoms with van der Waals surface area (Å²) in [7, 11) is 1.98. The lowest BCUT2D eigenvalue weighted by atomic mass is 9.78. The van der Waals surface area contributed by atoms with E-state index in [-0.39, 0.29) is 5.92 Å². The quantitative estimate of drug-likeness (QED) is 0.794. The van der Waals surface area contributed by atoms with E-state index in [9.17, 15) is 4.79 Å². The highest BCUT2D eigenvalue weighted by Crippen LogP contribution is 2.33. The van der Waals surface area contributed by atoms with Crippen LogP contribution in [0.3, 0.4) is 0 Å². The van der Waals surface area contributed by atoms with Gasteiger partial charge >= 0.3 is 0 Å². The maximum absolute atomic E-state index is 12.4. The second-order valence-electron chi connectivity index (χ2n) is 5.42. The first kappa shape index (κ1) is 11.9. The summed E-state index contributed by atoms with van der Waals surface area (Å²) in [6.07, 6.45) is 8.32. The van der Waals surface area contributed by atoms with Crippen molar-refractivity contribution in [2.24, 2.45) is 17.6 Å².